The Hall–Kier alpha value is -2.53. The van der Waals surface area contributed by atoms with Gasteiger partial charge in [-0.25, -0.2) is 0 Å². The van der Waals surface area contributed by atoms with E-state index >= 15 is 0 Å². The second-order valence-electron chi connectivity index (χ2n) is 7.23. The Kier molecular flexibility index (Phi) is 8.52. The number of amides is 2. The zero-order valence-electron chi connectivity index (χ0n) is 17.4. The summed E-state index contributed by atoms with van der Waals surface area (Å²) in [5.41, 5.74) is 1.64. The summed E-state index contributed by atoms with van der Waals surface area (Å²) in [4.78, 5) is 27.7. The van der Waals surface area contributed by atoms with Gasteiger partial charge in [-0.1, -0.05) is 48.9 Å². The van der Waals surface area contributed by atoms with Gasteiger partial charge in [-0.3, -0.25) is 9.59 Å². The highest BCUT2D eigenvalue weighted by atomic mass is 35.5. The van der Waals surface area contributed by atoms with E-state index < -0.39 is 6.04 Å². The van der Waals surface area contributed by atoms with Crippen LogP contribution in [0.25, 0.3) is 0 Å². The van der Waals surface area contributed by atoms with Crippen LogP contribution in [0.5, 0.6) is 5.75 Å². The topological polar surface area (TPSA) is 58.6 Å². The van der Waals surface area contributed by atoms with Crippen molar-refractivity contribution in [3.05, 3.63) is 64.7 Å². The molecule has 0 heterocycles. The van der Waals surface area contributed by atoms with Gasteiger partial charge in [0, 0.05) is 17.6 Å². The number of halogens is 1. The van der Waals surface area contributed by atoms with E-state index in [9.17, 15) is 9.59 Å². The maximum absolute atomic E-state index is 13.3. The lowest BCUT2D eigenvalue weighted by Crippen LogP contribution is -2.50. The number of nitrogens with zero attached hydrogens (tertiary/aromatic N) is 1. The van der Waals surface area contributed by atoms with Crippen LogP contribution in [0.3, 0.4) is 0 Å². The summed E-state index contributed by atoms with van der Waals surface area (Å²) in [7, 11) is 1.60. The first-order chi connectivity index (χ1) is 13.8. The van der Waals surface area contributed by atoms with Crippen molar-refractivity contribution in [3.63, 3.8) is 0 Å². The highest BCUT2D eigenvalue weighted by molar-refractivity contribution is 6.31. The molecule has 0 radical (unpaired) electrons. The van der Waals surface area contributed by atoms with E-state index in [1.165, 1.54) is 0 Å². The minimum Gasteiger partial charge on any atom is -0.497 e. The van der Waals surface area contributed by atoms with Crippen LogP contribution in [0, 0.1) is 0 Å². The predicted molar refractivity (Wildman–Crippen MR) is 116 cm³/mol. The van der Waals surface area contributed by atoms with Crippen molar-refractivity contribution in [3.8, 4) is 5.75 Å². The third-order valence-electron chi connectivity index (χ3n) is 4.60. The maximum atomic E-state index is 13.3. The number of ether oxygens (including phenoxy) is 1. The Morgan fingerprint density at radius 3 is 2.48 bits per heavy atom. The molecule has 0 aliphatic carbocycles. The molecule has 0 spiro atoms. The molecule has 0 aliphatic heterocycles. The predicted octanol–water partition coefficient (Wildman–Crippen LogP) is 4.22. The SMILES string of the molecule is CC[C@@H](C(=O)NC(C)C)N(Cc1cccc(OC)c1)C(=O)Cc1ccccc1Cl. The number of carbonyl (C=O) groups excluding carboxylic acids is 2. The van der Waals surface area contributed by atoms with Gasteiger partial charge in [-0.2, -0.15) is 0 Å². The number of hydrogen-bond donors (Lipinski definition) is 1. The van der Waals surface area contributed by atoms with E-state index in [4.69, 9.17) is 16.3 Å². The summed E-state index contributed by atoms with van der Waals surface area (Å²) in [6, 6.07) is 14.2. The molecule has 0 saturated heterocycles. The van der Waals surface area contributed by atoms with Crippen LogP contribution in [0.2, 0.25) is 5.02 Å². The molecule has 29 heavy (non-hydrogen) atoms. The van der Waals surface area contributed by atoms with Crippen LogP contribution in [0.1, 0.15) is 38.3 Å². The fourth-order valence-corrected chi connectivity index (χ4v) is 3.38. The van der Waals surface area contributed by atoms with Crippen molar-refractivity contribution >= 4 is 23.4 Å². The lowest BCUT2D eigenvalue weighted by atomic mass is 10.1. The van der Waals surface area contributed by atoms with Crippen molar-refractivity contribution in [2.75, 3.05) is 7.11 Å². The fraction of sp³-hybridized carbons (Fsp3) is 0.391. The van der Waals surface area contributed by atoms with E-state index in [0.717, 1.165) is 11.1 Å². The second kappa shape index (κ2) is 10.9. The smallest absolute Gasteiger partial charge is 0.243 e. The summed E-state index contributed by atoms with van der Waals surface area (Å²) in [5.74, 6) is 0.408. The van der Waals surface area contributed by atoms with Crippen LogP contribution < -0.4 is 10.1 Å². The van der Waals surface area contributed by atoms with E-state index in [1.54, 1.807) is 18.1 Å². The molecule has 2 amide bonds. The number of rotatable bonds is 9. The molecule has 2 aromatic carbocycles. The van der Waals surface area contributed by atoms with Crippen LogP contribution >= 0.6 is 11.6 Å². The lowest BCUT2D eigenvalue weighted by molar-refractivity contribution is -0.141. The Morgan fingerprint density at radius 2 is 1.86 bits per heavy atom. The van der Waals surface area contributed by atoms with Crippen molar-refractivity contribution in [2.24, 2.45) is 0 Å². The van der Waals surface area contributed by atoms with Crippen molar-refractivity contribution in [1.82, 2.24) is 10.2 Å². The van der Waals surface area contributed by atoms with Gasteiger partial charge in [0.15, 0.2) is 0 Å². The van der Waals surface area contributed by atoms with Gasteiger partial charge in [0.2, 0.25) is 11.8 Å². The van der Waals surface area contributed by atoms with Crippen molar-refractivity contribution in [1.29, 1.82) is 0 Å². The third-order valence-corrected chi connectivity index (χ3v) is 4.97. The summed E-state index contributed by atoms with van der Waals surface area (Å²) >= 11 is 6.25. The van der Waals surface area contributed by atoms with E-state index in [-0.39, 0.29) is 24.3 Å². The standard InChI is InChI=1S/C23H29ClN2O3/c1-5-21(23(28)25-16(2)3)26(15-17-9-8-11-19(13-17)29-4)22(27)14-18-10-6-7-12-20(18)24/h6-13,16,21H,5,14-15H2,1-4H3,(H,25,28)/t21-/m0/s1. The summed E-state index contributed by atoms with van der Waals surface area (Å²) in [6.07, 6.45) is 0.645. The molecule has 0 unspecified atom stereocenters. The molecular weight excluding hydrogens is 388 g/mol. The van der Waals surface area contributed by atoms with Crippen LogP contribution in [-0.4, -0.2) is 35.9 Å². The molecule has 2 rings (SSSR count). The fourth-order valence-electron chi connectivity index (χ4n) is 3.17. The monoisotopic (exact) mass is 416 g/mol. The average molecular weight is 417 g/mol. The van der Waals surface area contributed by atoms with Crippen molar-refractivity contribution < 1.29 is 14.3 Å². The zero-order valence-corrected chi connectivity index (χ0v) is 18.2. The van der Waals surface area contributed by atoms with E-state index in [1.807, 2.05) is 63.2 Å². The summed E-state index contributed by atoms with van der Waals surface area (Å²) < 4.78 is 5.29. The number of carbonyl (C=O) groups is 2. The van der Waals surface area contributed by atoms with E-state index in [0.29, 0.717) is 23.7 Å². The van der Waals surface area contributed by atoms with Crippen LogP contribution in [0.4, 0.5) is 0 Å². The highest BCUT2D eigenvalue weighted by Gasteiger charge is 2.29. The molecule has 2 aromatic rings. The Labute approximate surface area is 178 Å². The second-order valence-corrected chi connectivity index (χ2v) is 7.64. The molecule has 0 aromatic heterocycles. The minimum absolute atomic E-state index is 0.00566. The van der Waals surface area contributed by atoms with Gasteiger partial charge in [-0.15, -0.1) is 0 Å². The largest absolute Gasteiger partial charge is 0.497 e. The van der Waals surface area contributed by atoms with Crippen LogP contribution in [0.15, 0.2) is 48.5 Å². The molecule has 0 aliphatic rings. The molecule has 1 N–H and O–H groups in total. The van der Waals surface area contributed by atoms with Gasteiger partial charge in [-0.05, 0) is 49.6 Å². The summed E-state index contributed by atoms with van der Waals surface area (Å²) in [6.45, 7) is 6.03. The molecule has 0 fully saturated rings. The number of methoxy groups -OCH3 is 1. The Morgan fingerprint density at radius 1 is 1.14 bits per heavy atom. The normalized spacial score (nSPS) is 11.8. The molecule has 0 bridgehead atoms. The Balaban J connectivity index is 2.33. The Bertz CT molecular complexity index is 838. The highest BCUT2D eigenvalue weighted by Crippen LogP contribution is 2.21. The average Bonchev–Trinajstić information content (AvgIpc) is 2.69. The first-order valence-electron chi connectivity index (χ1n) is 9.81. The first kappa shape index (κ1) is 22.8. The third kappa shape index (κ3) is 6.50. The first-order valence-corrected chi connectivity index (χ1v) is 10.2. The van der Waals surface area contributed by atoms with Gasteiger partial charge < -0.3 is 15.0 Å². The van der Waals surface area contributed by atoms with Crippen LogP contribution in [-0.2, 0) is 22.6 Å². The molecule has 0 saturated carbocycles. The minimum atomic E-state index is -0.571. The zero-order chi connectivity index (χ0) is 21.4. The number of hydrogen-bond acceptors (Lipinski definition) is 3. The number of nitrogens with one attached hydrogen (secondary N) is 1. The van der Waals surface area contributed by atoms with Gasteiger partial charge >= 0.3 is 0 Å². The lowest BCUT2D eigenvalue weighted by Gasteiger charge is -2.31. The molecule has 1 atom stereocenters. The van der Waals surface area contributed by atoms with Gasteiger partial charge in [0.05, 0.1) is 13.5 Å². The molecule has 6 heteroatoms. The summed E-state index contributed by atoms with van der Waals surface area (Å²) in [5, 5.41) is 3.47. The quantitative estimate of drug-likeness (QED) is 0.665. The van der Waals surface area contributed by atoms with Gasteiger partial charge in [0.1, 0.15) is 11.8 Å². The number of benzene rings is 2. The van der Waals surface area contributed by atoms with Gasteiger partial charge in [0.25, 0.3) is 0 Å². The van der Waals surface area contributed by atoms with E-state index in [2.05, 4.69) is 5.32 Å². The molecule has 156 valence electrons. The van der Waals surface area contributed by atoms with Crippen molar-refractivity contribution in [2.45, 2.75) is 52.2 Å². The maximum Gasteiger partial charge on any atom is 0.243 e. The molecular formula is C23H29ClN2O3. The molecule has 5 nitrogen and oxygen atoms in total.